The lowest BCUT2D eigenvalue weighted by molar-refractivity contribution is 0.0734. The number of rotatable bonds is 12. The van der Waals surface area contributed by atoms with E-state index in [-0.39, 0.29) is 0 Å². The minimum Gasteiger partial charge on any atom is -0.493 e. The van der Waals surface area contributed by atoms with Gasteiger partial charge in [0.15, 0.2) is 0 Å². The van der Waals surface area contributed by atoms with Crippen molar-refractivity contribution in [2.24, 2.45) is 11.8 Å². The Labute approximate surface area is 312 Å². The molecule has 6 nitrogen and oxygen atoms in total. The first-order valence-corrected chi connectivity index (χ1v) is 18.0. The zero-order valence-corrected chi connectivity index (χ0v) is 30.7. The lowest BCUT2D eigenvalue weighted by Crippen LogP contribution is -2.09. The normalized spacial score (nSPS) is 11.6. The van der Waals surface area contributed by atoms with Crippen LogP contribution in [0.2, 0.25) is 0 Å². The number of hydrogen-bond acceptors (Lipinski definition) is 6. The van der Waals surface area contributed by atoms with Crippen molar-refractivity contribution in [1.82, 2.24) is 0 Å². The Hall–Kier alpha value is -6.37. The van der Waals surface area contributed by atoms with Crippen LogP contribution >= 0.6 is 0 Å². The van der Waals surface area contributed by atoms with E-state index >= 15 is 0 Å². The third-order valence-corrected chi connectivity index (χ3v) is 9.12. The second-order valence-electron chi connectivity index (χ2n) is 13.2. The maximum atomic E-state index is 12.4. The van der Waals surface area contributed by atoms with Gasteiger partial charge in [0, 0.05) is 0 Å². The van der Waals surface area contributed by atoms with Crippen LogP contribution in [0.25, 0.3) is 33.0 Å². The quantitative estimate of drug-likeness (QED) is 0.0932. The topological polar surface area (TPSA) is 92.3 Å². The highest BCUT2D eigenvalue weighted by atomic mass is 16.5. The Bertz CT molecular complexity index is 2180. The maximum absolute atomic E-state index is 12.4. The number of ether oxygens (including phenoxy) is 3. The average Bonchev–Trinajstić information content (AvgIpc) is 3.22. The van der Waals surface area contributed by atoms with Crippen LogP contribution in [0.1, 0.15) is 62.0 Å². The summed E-state index contributed by atoms with van der Waals surface area (Å²) in [5, 5.41) is 20.1. The van der Waals surface area contributed by atoms with Crippen LogP contribution in [0.3, 0.4) is 0 Å². The molecular weight excluding hydrogens is 657 g/mol. The van der Waals surface area contributed by atoms with Crippen LogP contribution in [-0.2, 0) is 0 Å². The Morgan fingerprint density at radius 2 is 0.943 bits per heavy atom. The van der Waals surface area contributed by atoms with Gasteiger partial charge in [0.05, 0.1) is 42.0 Å². The smallest absolute Gasteiger partial charge is 0.343 e. The first kappa shape index (κ1) is 37.9. The van der Waals surface area contributed by atoms with Gasteiger partial charge in [-0.15, -0.1) is 0 Å². The molecule has 0 N–H and O–H groups in total. The fourth-order valence-electron chi connectivity index (χ4n) is 5.25. The second kappa shape index (κ2) is 18.7. The van der Waals surface area contributed by atoms with E-state index in [1.807, 2.05) is 54.6 Å². The number of nitriles is 2. The molecule has 2 atom stereocenters. The molecule has 0 heterocycles. The highest BCUT2D eigenvalue weighted by Crippen LogP contribution is 2.28. The zero-order valence-electron chi connectivity index (χ0n) is 30.7. The highest BCUT2D eigenvalue weighted by molar-refractivity contribution is 5.91. The van der Waals surface area contributed by atoms with Gasteiger partial charge in [0.2, 0.25) is 0 Å². The molecule has 0 aliphatic heterocycles. The van der Waals surface area contributed by atoms with E-state index in [0.717, 1.165) is 53.2 Å². The fraction of sp³-hybridized carbons (Fsp3) is 0.213. The molecule has 0 fully saturated rings. The molecule has 0 spiro atoms. The van der Waals surface area contributed by atoms with Crippen molar-refractivity contribution in [3.05, 3.63) is 150 Å². The van der Waals surface area contributed by atoms with E-state index in [9.17, 15) is 4.79 Å². The van der Waals surface area contributed by atoms with Crippen LogP contribution in [0.15, 0.2) is 133 Å². The van der Waals surface area contributed by atoms with Gasteiger partial charge in [-0.1, -0.05) is 95.1 Å². The highest BCUT2D eigenvalue weighted by Gasteiger charge is 2.10. The number of nitrogens with zero attached hydrogens (tertiary/aromatic N) is 2. The number of hydrogen-bond donors (Lipinski definition) is 0. The molecule has 6 rings (SSSR count). The Morgan fingerprint density at radius 3 is 1.47 bits per heavy atom. The Kier molecular flexibility index (Phi) is 13.4. The molecule has 0 amide bonds. The largest absolute Gasteiger partial charge is 0.493 e. The van der Waals surface area contributed by atoms with E-state index < -0.39 is 5.97 Å². The summed E-state index contributed by atoms with van der Waals surface area (Å²) >= 11 is 0. The van der Waals surface area contributed by atoms with E-state index in [2.05, 4.69) is 70.2 Å². The maximum Gasteiger partial charge on any atom is 0.343 e. The van der Waals surface area contributed by atoms with Gasteiger partial charge < -0.3 is 14.2 Å². The first-order chi connectivity index (χ1) is 25.8. The van der Waals surface area contributed by atoms with E-state index in [1.165, 1.54) is 10.8 Å². The van der Waals surface area contributed by atoms with Gasteiger partial charge in [-0.2, -0.15) is 10.5 Å². The van der Waals surface area contributed by atoms with Crippen LogP contribution in [0.4, 0.5) is 0 Å². The van der Waals surface area contributed by atoms with Crippen molar-refractivity contribution in [3.63, 3.8) is 0 Å². The van der Waals surface area contributed by atoms with E-state index in [1.54, 1.807) is 48.5 Å². The molecule has 6 aromatic carbocycles. The summed E-state index contributed by atoms with van der Waals surface area (Å²) in [5.41, 5.74) is 6.02. The van der Waals surface area contributed by atoms with Crippen molar-refractivity contribution in [1.29, 1.82) is 10.5 Å². The molecule has 53 heavy (non-hydrogen) atoms. The van der Waals surface area contributed by atoms with Gasteiger partial charge in [-0.05, 0) is 124 Å². The molecule has 0 aromatic heterocycles. The van der Waals surface area contributed by atoms with Crippen molar-refractivity contribution < 1.29 is 19.0 Å². The number of carbonyl (C=O) groups is 1. The molecule has 266 valence electrons. The van der Waals surface area contributed by atoms with Crippen molar-refractivity contribution in [2.75, 3.05) is 13.2 Å². The lowest BCUT2D eigenvalue weighted by atomic mass is 10.0. The fourth-order valence-corrected chi connectivity index (χ4v) is 5.25. The molecular formula is C47H44N2O4. The number of esters is 1. The number of benzene rings is 6. The Morgan fingerprint density at radius 1 is 0.528 bits per heavy atom. The predicted molar refractivity (Wildman–Crippen MR) is 212 cm³/mol. The van der Waals surface area contributed by atoms with Crippen LogP contribution in [0, 0.1) is 34.5 Å². The lowest BCUT2D eigenvalue weighted by Gasteiger charge is -2.12. The SMILES string of the molecule is CCC(C)COc1ccc(C(=O)Oc2ccc(-c3ccc(C#N)cc3)cc2)cc1.CCC(C)COc1ccc2cc(-c3ccc(C#N)cc3)ccc2c1. The standard InChI is InChI=1S/C25H23NO3.C22H21NO/c1-3-18(2)17-28-23-12-10-22(11-13-23)25(27)29-24-14-8-21(9-15-24)20-6-4-19(16-26)5-7-20;1-3-16(2)15-24-22-11-10-20-12-19(8-9-21(20)13-22)18-6-4-17(14-23)5-7-18/h4-15,18H,3,17H2,1-2H3;4-13,16H,3,15H2,1-2H3. The summed E-state index contributed by atoms with van der Waals surface area (Å²) < 4.78 is 17.0. The van der Waals surface area contributed by atoms with Crippen LogP contribution < -0.4 is 14.2 Å². The molecule has 6 aromatic rings. The molecule has 6 heteroatoms. The molecule has 0 aliphatic carbocycles. The van der Waals surface area contributed by atoms with Gasteiger partial charge in [0.1, 0.15) is 17.2 Å². The monoisotopic (exact) mass is 700 g/mol. The summed E-state index contributed by atoms with van der Waals surface area (Å²) in [4.78, 5) is 12.4. The third kappa shape index (κ3) is 10.8. The molecule has 0 bridgehead atoms. The van der Waals surface area contributed by atoms with Gasteiger partial charge in [-0.3, -0.25) is 0 Å². The van der Waals surface area contributed by atoms with E-state index in [4.69, 9.17) is 24.7 Å². The van der Waals surface area contributed by atoms with Gasteiger partial charge in [0.25, 0.3) is 0 Å². The zero-order chi connectivity index (χ0) is 37.6. The molecule has 0 saturated carbocycles. The summed E-state index contributed by atoms with van der Waals surface area (Å²) in [6.07, 6.45) is 2.19. The van der Waals surface area contributed by atoms with Crippen molar-refractivity contribution in [2.45, 2.75) is 40.5 Å². The summed E-state index contributed by atoms with van der Waals surface area (Å²) in [6, 6.07) is 46.2. The molecule has 0 aliphatic rings. The van der Waals surface area contributed by atoms with Crippen molar-refractivity contribution in [3.8, 4) is 51.6 Å². The van der Waals surface area contributed by atoms with Crippen molar-refractivity contribution >= 4 is 16.7 Å². The summed E-state index contributed by atoms with van der Waals surface area (Å²) in [7, 11) is 0. The molecule has 2 unspecified atom stereocenters. The van der Waals surface area contributed by atoms with Crippen LogP contribution in [0.5, 0.6) is 17.2 Å². The minimum absolute atomic E-state index is 0.412. The summed E-state index contributed by atoms with van der Waals surface area (Å²) in [6.45, 7) is 10.1. The van der Waals surface area contributed by atoms with E-state index in [0.29, 0.717) is 40.9 Å². The predicted octanol–water partition coefficient (Wildman–Crippen LogP) is 11.7. The number of fused-ring (bicyclic) bond motifs is 1. The van der Waals surface area contributed by atoms with Crippen LogP contribution in [-0.4, -0.2) is 19.2 Å². The molecule has 0 radical (unpaired) electrons. The second-order valence-corrected chi connectivity index (χ2v) is 13.2. The third-order valence-electron chi connectivity index (χ3n) is 9.12. The summed E-state index contributed by atoms with van der Waals surface area (Å²) in [5.74, 6) is 2.79. The number of carbonyl (C=O) groups excluding carboxylic acids is 1. The minimum atomic E-state index is -0.412. The van der Waals surface area contributed by atoms with Gasteiger partial charge >= 0.3 is 5.97 Å². The Balaban J connectivity index is 0.000000208. The van der Waals surface area contributed by atoms with Gasteiger partial charge in [-0.25, -0.2) is 4.79 Å². The molecule has 0 saturated heterocycles. The average molecular weight is 701 g/mol. The first-order valence-electron chi connectivity index (χ1n) is 18.0.